The molecule has 0 radical (unpaired) electrons. The maximum atomic E-state index is 11.7. The van der Waals surface area contributed by atoms with E-state index >= 15 is 0 Å². The minimum atomic E-state index is -0.872. The molecule has 1 rings (SSSR count). The lowest BCUT2D eigenvalue weighted by molar-refractivity contribution is -0.143. The average molecular weight is 242 g/mol. The largest absolute Gasteiger partial charge is 0.480 e. The van der Waals surface area contributed by atoms with Crippen molar-refractivity contribution in [2.45, 2.75) is 51.1 Å². The Bertz CT molecular complexity index is 275. The summed E-state index contributed by atoms with van der Waals surface area (Å²) in [7, 11) is 1.68. The number of nitrogens with one attached hydrogen (secondary N) is 1. The van der Waals surface area contributed by atoms with Crippen LogP contribution in [0.25, 0.3) is 0 Å². The summed E-state index contributed by atoms with van der Waals surface area (Å²) in [6.45, 7) is 1.96. The second kappa shape index (κ2) is 6.59. The summed E-state index contributed by atoms with van der Waals surface area (Å²) in [6.07, 6.45) is 4.95. The predicted molar refractivity (Wildman–Crippen MR) is 64.7 cm³/mol. The quantitative estimate of drug-likeness (QED) is 0.724. The van der Waals surface area contributed by atoms with Crippen molar-refractivity contribution in [3.8, 4) is 0 Å². The first-order valence-electron chi connectivity index (χ1n) is 6.27. The van der Waals surface area contributed by atoms with Crippen LogP contribution < -0.4 is 5.32 Å². The second-order valence-electron chi connectivity index (χ2n) is 4.73. The number of aliphatic carboxylic acids is 1. The Labute approximate surface area is 102 Å². The number of nitrogens with zero attached hydrogens (tertiary/aromatic N) is 1. The SMILES string of the molecule is CCC(C(=O)O)N(C)CC(=O)NC1CCCC1. The lowest BCUT2D eigenvalue weighted by atomic mass is 10.2. The number of amides is 1. The monoisotopic (exact) mass is 242 g/mol. The summed E-state index contributed by atoms with van der Waals surface area (Å²) < 4.78 is 0. The van der Waals surface area contributed by atoms with Gasteiger partial charge < -0.3 is 10.4 Å². The average Bonchev–Trinajstić information content (AvgIpc) is 2.70. The van der Waals surface area contributed by atoms with Gasteiger partial charge in [0.15, 0.2) is 0 Å². The Morgan fingerprint density at radius 2 is 2.00 bits per heavy atom. The molecule has 1 saturated carbocycles. The van der Waals surface area contributed by atoms with Crippen molar-refractivity contribution in [3.05, 3.63) is 0 Å². The van der Waals surface area contributed by atoms with Crippen LogP contribution in [0.3, 0.4) is 0 Å². The molecule has 2 N–H and O–H groups in total. The van der Waals surface area contributed by atoms with Gasteiger partial charge in [0.2, 0.25) is 5.91 Å². The van der Waals surface area contributed by atoms with Gasteiger partial charge >= 0.3 is 5.97 Å². The van der Waals surface area contributed by atoms with Crippen LogP contribution in [0.4, 0.5) is 0 Å². The van der Waals surface area contributed by atoms with Gasteiger partial charge in [0.25, 0.3) is 0 Å². The molecule has 5 heteroatoms. The first kappa shape index (κ1) is 14.0. The van der Waals surface area contributed by atoms with Crippen LogP contribution in [0, 0.1) is 0 Å². The van der Waals surface area contributed by atoms with Crippen molar-refractivity contribution >= 4 is 11.9 Å². The van der Waals surface area contributed by atoms with Crippen LogP contribution in [-0.2, 0) is 9.59 Å². The molecule has 1 amide bonds. The van der Waals surface area contributed by atoms with Crippen molar-refractivity contribution in [1.29, 1.82) is 0 Å². The van der Waals surface area contributed by atoms with Gasteiger partial charge in [-0.25, -0.2) is 0 Å². The van der Waals surface area contributed by atoms with Gasteiger partial charge in [-0.2, -0.15) is 0 Å². The van der Waals surface area contributed by atoms with E-state index in [-0.39, 0.29) is 12.5 Å². The van der Waals surface area contributed by atoms with Crippen LogP contribution in [0.5, 0.6) is 0 Å². The number of carbonyl (C=O) groups is 2. The number of carbonyl (C=O) groups excluding carboxylic acids is 1. The second-order valence-corrected chi connectivity index (χ2v) is 4.73. The van der Waals surface area contributed by atoms with E-state index < -0.39 is 12.0 Å². The van der Waals surface area contributed by atoms with E-state index in [1.54, 1.807) is 11.9 Å². The van der Waals surface area contributed by atoms with Crippen LogP contribution in [0.2, 0.25) is 0 Å². The normalized spacial score (nSPS) is 18.3. The fourth-order valence-electron chi connectivity index (χ4n) is 2.36. The highest BCUT2D eigenvalue weighted by Crippen LogP contribution is 2.17. The van der Waals surface area contributed by atoms with Crippen molar-refractivity contribution in [1.82, 2.24) is 10.2 Å². The van der Waals surface area contributed by atoms with Crippen LogP contribution in [0.15, 0.2) is 0 Å². The summed E-state index contributed by atoms with van der Waals surface area (Å²) in [5.74, 6) is -0.942. The van der Waals surface area contributed by atoms with E-state index in [1.165, 1.54) is 12.8 Å². The highest BCUT2D eigenvalue weighted by Gasteiger charge is 2.23. The minimum absolute atomic E-state index is 0.0703. The molecular weight excluding hydrogens is 220 g/mol. The maximum Gasteiger partial charge on any atom is 0.320 e. The third kappa shape index (κ3) is 4.34. The van der Waals surface area contributed by atoms with Crippen LogP contribution >= 0.6 is 0 Å². The van der Waals surface area contributed by atoms with E-state index in [9.17, 15) is 9.59 Å². The lowest BCUT2D eigenvalue weighted by Gasteiger charge is -2.23. The van der Waals surface area contributed by atoms with E-state index in [1.807, 2.05) is 6.92 Å². The number of hydrogen-bond donors (Lipinski definition) is 2. The summed E-state index contributed by atoms with van der Waals surface area (Å²) in [6, 6.07) is -0.287. The van der Waals surface area contributed by atoms with Crippen molar-refractivity contribution in [2.24, 2.45) is 0 Å². The topological polar surface area (TPSA) is 69.6 Å². The van der Waals surface area contributed by atoms with E-state index in [4.69, 9.17) is 5.11 Å². The molecule has 1 fully saturated rings. The molecule has 0 heterocycles. The van der Waals surface area contributed by atoms with Gasteiger partial charge in [0.1, 0.15) is 6.04 Å². The molecule has 0 bridgehead atoms. The van der Waals surface area contributed by atoms with E-state index in [0.717, 1.165) is 12.8 Å². The highest BCUT2D eigenvalue weighted by molar-refractivity contribution is 5.80. The molecule has 0 spiro atoms. The summed E-state index contributed by atoms with van der Waals surface area (Å²) in [5.41, 5.74) is 0. The van der Waals surface area contributed by atoms with Crippen molar-refractivity contribution < 1.29 is 14.7 Å². The Hall–Kier alpha value is -1.10. The first-order valence-corrected chi connectivity index (χ1v) is 6.27. The molecule has 0 aromatic rings. The van der Waals surface area contributed by atoms with E-state index in [0.29, 0.717) is 12.5 Å². The Kier molecular flexibility index (Phi) is 5.41. The Balaban J connectivity index is 2.35. The molecule has 0 aliphatic heterocycles. The summed E-state index contributed by atoms with van der Waals surface area (Å²) in [4.78, 5) is 24.2. The van der Waals surface area contributed by atoms with Gasteiger partial charge in [-0.3, -0.25) is 14.5 Å². The van der Waals surface area contributed by atoms with Crippen molar-refractivity contribution in [3.63, 3.8) is 0 Å². The van der Waals surface area contributed by atoms with E-state index in [2.05, 4.69) is 5.32 Å². The molecule has 5 nitrogen and oxygen atoms in total. The maximum absolute atomic E-state index is 11.7. The Morgan fingerprint density at radius 3 is 2.47 bits per heavy atom. The zero-order valence-electron chi connectivity index (χ0n) is 10.6. The minimum Gasteiger partial charge on any atom is -0.480 e. The molecule has 0 aromatic carbocycles. The number of rotatable bonds is 6. The summed E-state index contributed by atoms with van der Waals surface area (Å²) >= 11 is 0. The van der Waals surface area contributed by atoms with Crippen LogP contribution in [-0.4, -0.2) is 47.6 Å². The number of carboxylic acids is 1. The molecule has 0 aromatic heterocycles. The summed E-state index contributed by atoms with van der Waals surface area (Å²) in [5, 5.41) is 11.9. The lowest BCUT2D eigenvalue weighted by Crippen LogP contribution is -2.45. The van der Waals surface area contributed by atoms with Gasteiger partial charge in [0, 0.05) is 6.04 Å². The zero-order valence-corrected chi connectivity index (χ0v) is 10.6. The highest BCUT2D eigenvalue weighted by atomic mass is 16.4. The number of likely N-dealkylation sites (N-methyl/N-ethyl adjacent to an activating group) is 1. The third-order valence-electron chi connectivity index (χ3n) is 3.32. The zero-order chi connectivity index (χ0) is 12.8. The molecular formula is C12H22N2O3. The number of hydrogen-bond acceptors (Lipinski definition) is 3. The van der Waals surface area contributed by atoms with Gasteiger partial charge in [-0.15, -0.1) is 0 Å². The Morgan fingerprint density at radius 1 is 1.41 bits per heavy atom. The van der Waals surface area contributed by atoms with Gasteiger partial charge in [-0.1, -0.05) is 19.8 Å². The molecule has 1 atom stereocenters. The standard InChI is InChI=1S/C12H22N2O3/c1-3-10(12(16)17)14(2)8-11(15)13-9-6-4-5-7-9/h9-10H,3-8H2,1-2H3,(H,13,15)(H,16,17). The molecule has 1 unspecified atom stereocenters. The molecule has 98 valence electrons. The molecule has 1 aliphatic rings. The first-order chi connectivity index (χ1) is 8.04. The molecule has 1 aliphatic carbocycles. The van der Waals surface area contributed by atoms with Crippen molar-refractivity contribution in [2.75, 3.05) is 13.6 Å². The smallest absolute Gasteiger partial charge is 0.320 e. The van der Waals surface area contributed by atoms with Gasteiger partial charge in [0.05, 0.1) is 6.54 Å². The molecule has 0 saturated heterocycles. The fraction of sp³-hybridized carbons (Fsp3) is 0.833. The number of carboxylic acid groups (broad SMARTS) is 1. The predicted octanol–water partition coefficient (Wildman–Crippen LogP) is 0.840. The fourth-order valence-corrected chi connectivity index (χ4v) is 2.36. The van der Waals surface area contributed by atoms with Crippen LogP contribution in [0.1, 0.15) is 39.0 Å². The van der Waals surface area contributed by atoms with Gasteiger partial charge in [-0.05, 0) is 26.3 Å². The third-order valence-corrected chi connectivity index (χ3v) is 3.32. The molecule has 17 heavy (non-hydrogen) atoms.